The van der Waals surface area contributed by atoms with Gasteiger partial charge in [0.15, 0.2) is 0 Å². The average molecular weight is 178 g/mol. The second-order valence-corrected chi connectivity index (χ2v) is 3.32. The van der Waals surface area contributed by atoms with Gasteiger partial charge < -0.3 is 9.90 Å². The van der Waals surface area contributed by atoms with Crippen molar-refractivity contribution >= 4 is 6.29 Å². The maximum absolute atomic E-state index is 10.3. The molecule has 1 aromatic rings. The number of benzene rings is 1. The number of aldehydes is 1. The fourth-order valence-corrected chi connectivity index (χ4v) is 1.12. The molecule has 0 radical (unpaired) electrons. The Morgan fingerprint density at radius 3 is 2.54 bits per heavy atom. The van der Waals surface area contributed by atoms with Crippen LogP contribution in [0.15, 0.2) is 24.3 Å². The number of aromatic hydroxyl groups is 1. The van der Waals surface area contributed by atoms with Crippen LogP contribution in [-0.4, -0.2) is 11.4 Å². The number of aryl methyl sites for hydroxylation is 1. The maximum atomic E-state index is 10.3. The Morgan fingerprint density at radius 1 is 1.38 bits per heavy atom. The fourth-order valence-electron chi connectivity index (χ4n) is 1.12. The molecular weight excluding hydrogens is 164 g/mol. The Balaban J connectivity index is 2.45. The highest BCUT2D eigenvalue weighted by atomic mass is 16.3. The van der Waals surface area contributed by atoms with Gasteiger partial charge in [0.25, 0.3) is 0 Å². The standard InChI is InChI=1S/C11H14O2/c1-9(8-12)2-3-10-4-6-11(13)7-5-10/h4-9,13H,2-3H2,1H3. The van der Waals surface area contributed by atoms with Gasteiger partial charge in [0.2, 0.25) is 0 Å². The topological polar surface area (TPSA) is 37.3 Å². The number of rotatable bonds is 4. The van der Waals surface area contributed by atoms with Crippen molar-refractivity contribution in [3.05, 3.63) is 29.8 Å². The molecular formula is C11H14O2. The smallest absolute Gasteiger partial charge is 0.122 e. The monoisotopic (exact) mass is 178 g/mol. The van der Waals surface area contributed by atoms with Gasteiger partial charge in [-0.15, -0.1) is 0 Å². The first kappa shape index (κ1) is 9.78. The molecule has 70 valence electrons. The molecule has 0 aliphatic carbocycles. The summed E-state index contributed by atoms with van der Waals surface area (Å²) in [4.78, 5) is 10.3. The van der Waals surface area contributed by atoms with E-state index in [0.717, 1.165) is 24.7 Å². The van der Waals surface area contributed by atoms with E-state index in [9.17, 15) is 4.79 Å². The molecule has 0 aliphatic heterocycles. The average Bonchev–Trinajstić information content (AvgIpc) is 2.16. The molecule has 1 aromatic carbocycles. The molecule has 0 bridgehead atoms. The zero-order chi connectivity index (χ0) is 9.68. The van der Waals surface area contributed by atoms with E-state index in [-0.39, 0.29) is 11.7 Å². The molecule has 0 saturated heterocycles. The van der Waals surface area contributed by atoms with E-state index >= 15 is 0 Å². The summed E-state index contributed by atoms with van der Waals surface area (Å²) in [5.41, 5.74) is 1.16. The van der Waals surface area contributed by atoms with Crippen molar-refractivity contribution in [3.8, 4) is 5.75 Å². The molecule has 1 unspecified atom stereocenters. The van der Waals surface area contributed by atoms with Gasteiger partial charge in [-0.2, -0.15) is 0 Å². The minimum atomic E-state index is 0.119. The Hall–Kier alpha value is -1.31. The van der Waals surface area contributed by atoms with Crippen LogP contribution in [0.2, 0.25) is 0 Å². The van der Waals surface area contributed by atoms with Gasteiger partial charge in [0.05, 0.1) is 0 Å². The molecule has 2 heteroatoms. The van der Waals surface area contributed by atoms with Crippen LogP contribution in [0.25, 0.3) is 0 Å². The van der Waals surface area contributed by atoms with Gasteiger partial charge in [0.1, 0.15) is 12.0 Å². The molecule has 0 spiro atoms. The molecule has 1 N–H and O–H groups in total. The fraction of sp³-hybridized carbons (Fsp3) is 0.364. The summed E-state index contributed by atoms with van der Waals surface area (Å²) in [6.45, 7) is 1.91. The first-order valence-corrected chi connectivity index (χ1v) is 4.45. The van der Waals surface area contributed by atoms with Crippen molar-refractivity contribution in [1.82, 2.24) is 0 Å². The molecule has 1 rings (SSSR count). The molecule has 0 amide bonds. The highest BCUT2D eigenvalue weighted by Crippen LogP contribution is 2.12. The van der Waals surface area contributed by atoms with Crippen molar-refractivity contribution < 1.29 is 9.90 Å². The predicted octanol–water partition coefficient (Wildman–Crippen LogP) is 2.16. The van der Waals surface area contributed by atoms with Crippen molar-refractivity contribution in [1.29, 1.82) is 0 Å². The van der Waals surface area contributed by atoms with Gasteiger partial charge in [0, 0.05) is 5.92 Å². The molecule has 13 heavy (non-hydrogen) atoms. The molecule has 2 nitrogen and oxygen atoms in total. The normalized spacial score (nSPS) is 12.4. The molecule has 0 aliphatic rings. The van der Waals surface area contributed by atoms with Gasteiger partial charge in [-0.05, 0) is 30.5 Å². The third-order valence-corrected chi connectivity index (χ3v) is 2.06. The molecule has 0 fully saturated rings. The van der Waals surface area contributed by atoms with Crippen LogP contribution in [0.4, 0.5) is 0 Å². The van der Waals surface area contributed by atoms with Crippen LogP contribution in [0, 0.1) is 5.92 Å². The lowest BCUT2D eigenvalue weighted by Crippen LogP contribution is -1.97. The van der Waals surface area contributed by atoms with Crippen LogP contribution in [0.5, 0.6) is 5.75 Å². The highest BCUT2D eigenvalue weighted by molar-refractivity contribution is 5.52. The van der Waals surface area contributed by atoms with Crippen molar-refractivity contribution in [2.75, 3.05) is 0 Å². The van der Waals surface area contributed by atoms with Crippen LogP contribution in [0.3, 0.4) is 0 Å². The SMILES string of the molecule is CC(C=O)CCc1ccc(O)cc1. The van der Waals surface area contributed by atoms with Crippen LogP contribution in [0.1, 0.15) is 18.9 Å². The second kappa shape index (κ2) is 4.65. The quantitative estimate of drug-likeness (QED) is 0.717. The van der Waals surface area contributed by atoms with E-state index in [4.69, 9.17) is 5.11 Å². The second-order valence-electron chi connectivity index (χ2n) is 3.32. The van der Waals surface area contributed by atoms with Crippen LogP contribution < -0.4 is 0 Å². The summed E-state index contributed by atoms with van der Waals surface area (Å²) < 4.78 is 0. The van der Waals surface area contributed by atoms with Crippen molar-refractivity contribution in [3.63, 3.8) is 0 Å². The number of carbonyl (C=O) groups excluding carboxylic acids is 1. The lowest BCUT2D eigenvalue weighted by Gasteiger charge is -2.03. The molecule has 0 aromatic heterocycles. The Labute approximate surface area is 78.2 Å². The summed E-state index contributed by atoms with van der Waals surface area (Å²) in [5.74, 6) is 0.404. The first-order valence-electron chi connectivity index (χ1n) is 4.45. The third-order valence-electron chi connectivity index (χ3n) is 2.06. The Bertz CT molecular complexity index is 264. The zero-order valence-corrected chi connectivity index (χ0v) is 7.73. The summed E-state index contributed by atoms with van der Waals surface area (Å²) in [7, 11) is 0. The van der Waals surface area contributed by atoms with Crippen molar-refractivity contribution in [2.24, 2.45) is 5.92 Å². The van der Waals surface area contributed by atoms with Gasteiger partial charge >= 0.3 is 0 Å². The largest absolute Gasteiger partial charge is 0.508 e. The molecule has 0 heterocycles. The number of phenols is 1. The summed E-state index contributed by atoms with van der Waals surface area (Å²) >= 11 is 0. The Kier molecular flexibility index (Phi) is 3.50. The van der Waals surface area contributed by atoms with E-state index in [2.05, 4.69) is 0 Å². The lowest BCUT2D eigenvalue weighted by atomic mass is 10.0. The minimum absolute atomic E-state index is 0.119. The lowest BCUT2D eigenvalue weighted by molar-refractivity contribution is -0.110. The van der Waals surface area contributed by atoms with E-state index in [1.165, 1.54) is 0 Å². The summed E-state index contributed by atoms with van der Waals surface area (Å²) in [5, 5.41) is 9.02. The zero-order valence-electron chi connectivity index (χ0n) is 7.73. The molecule has 0 saturated carbocycles. The van der Waals surface area contributed by atoms with Gasteiger partial charge in [-0.25, -0.2) is 0 Å². The van der Waals surface area contributed by atoms with Crippen LogP contribution in [-0.2, 0) is 11.2 Å². The number of hydrogen-bond acceptors (Lipinski definition) is 2. The van der Waals surface area contributed by atoms with Gasteiger partial charge in [-0.1, -0.05) is 19.1 Å². The van der Waals surface area contributed by atoms with Crippen LogP contribution >= 0.6 is 0 Å². The van der Waals surface area contributed by atoms with E-state index < -0.39 is 0 Å². The van der Waals surface area contributed by atoms with E-state index in [1.54, 1.807) is 12.1 Å². The minimum Gasteiger partial charge on any atom is -0.508 e. The van der Waals surface area contributed by atoms with E-state index in [1.807, 2.05) is 19.1 Å². The van der Waals surface area contributed by atoms with Crippen molar-refractivity contribution in [2.45, 2.75) is 19.8 Å². The number of hydrogen-bond donors (Lipinski definition) is 1. The summed E-state index contributed by atoms with van der Waals surface area (Å²) in [6, 6.07) is 7.10. The first-order chi connectivity index (χ1) is 6.22. The molecule has 1 atom stereocenters. The number of carbonyl (C=O) groups is 1. The van der Waals surface area contributed by atoms with E-state index in [0.29, 0.717) is 0 Å². The maximum Gasteiger partial charge on any atom is 0.122 e. The Morgan fingerprint density at radius 2 is 2.00 bits per heavy atom. The predicted molar refractivity (Wildman–Crippen MR) is 51.7 cm³/mol. The highest BCUT2D eigenvalue weighted by Gasteiger charge is 2.00. The third kappa shape index (κ3) is 3.28. The van der Waals surface area contributed by atoms with Gasteiger partial charge in [-0.3, -0.25) is 0 Å². The summed E-state index contributed by atoms with van der Waals surface area (Å²) in [6.07, 6.45) is 2.73. The number of phenolic OH excluding ortho intramolecular Hbond substituents is 1.